The molecule has 0 saturated heterocycles. The van der Waals surface area contributed by atoms with Crippen molar-refractivity contribution < 1.29 is 18.7 Å². The smallest absolute Gasteiger partial charge is 0.369 e. The molecule has 2 aromatic rings. The van der Waals surface area contributed by atoms with Crippen molar-refractivity contribution in [1.82, 2.24) is 10.2 Å². The van der Waals surface area contributed by atoms with E-state index < -0.39 is 11.8 Å². The van der Waals surface area contributed by atoms with Gasteiger partial charge in [0.25, 0.3) is 5.19 Å². The predicted molar refractivity (Wildman–Crippen MR) is 67.1 cm³/mol. The van der Waals surface area contributed by atoms with Crippen molar-refractivity contribution in [1.29, 1.82) is 5.26 Å². The number of ether oxygens (including phenoxy) is 2. The van der Waals surface area contributed by atoms with E-state index in [1.807, 2.05) is 0 Å². The Hall–Kier alpha value is -2.53. The van der Waals surface area contributed by atoms with Crippen LogP contribution in [0.15, 0.2) is 18.2 Å². The van der Waals surface area contributed by atoms with Gasteiger partial charge in [-0.1, -0.05) is 5.10 Å². The standard InChI is InChI=1S/C12H8FN3O3S/c1-2-18-11(17)10-15-16-12(20-10)19-8-4-3-7(6-14)9(13)5-8/h3-5H,2H2,1H3. The van der Waals surface area contributed by atoms with Gasteiger partial charge in [0.15, 0.2) is 0 Å². The number of halogens is 1. The minimum Gasteiger partial charge on any atom is -0.461 e. The molecule has 1 heterocycles. The van der Waals surface area contributed by atoms with Crippen molar-refractivity contribution in [2.24, 2.45) is 0 Å². The van der Waals surface area contributed by atoms with Gasteiger partial charge in [-0.25, -0.2) is 9.18 Å². The Bertz CT molecular complexity index is 681. The highest BCUT2D eigenvalue weighted by molar-refractivity contribution is 7.14. The van der Waals surface area contributed by atoms with Crippen molar-refractivity contribution in [2.45, 2.75) is 6.92 Å². The molecule has 0 N–H and O–H groups in total. The third-order valence-electron chi connectivity index (χ3n) is 2.12. The molecule has 20 heavy (non-hydrogen) atoms. The minimum atomic E-state index is -0.694. The SMILES string of the molecule is CCOC(=O)c1nnc(Oc2ccc(C#N)c(F)c2)s1. The van der Waals surface area contributed by atoms with E-state index in [0.29, 0.717) is 0 Å². The Morgan fingerprint density at radius 2 is 2.30 bits per heavy atom. The molecule has 0 spiro atoms. The van der Waals surface area contributed by atoms with Gasteiger partial charge in [-0.05, 0) is 30.4 Å². The molecule has 2 rings (SSSR count). The first-order valence-corrected chi connectivity index (χ1v) is 6.33. The second-order valence-corrected chi connectivity index (χ2v) is 4.39. The van der Waals surface area contributed by atoms with E-state index in [1.54, 1.807) is 13.0 Å². The predicted octanol–water partition coefficient (Wildman–Crippen LogP) is 2.52. The zero-order chi connectivity index (χ0) is 14.5. The largest absolute Gasteiger partial charge is 0.461 e. The van der Waals surface area contributed by atoms with Crippen LogP contribution in [0.4, 0.5) is 4.39 Å². The van der Waals surface area contributed by atoms with E-state index in [-0.39, 0.29) is 28.1 Å². The van der Waals surface area contributed by atoms with Gasteiger partial charge in [-0.2, -0.15) is 5.26 Å². The van der Waals surface area contributed by atoms with E-state index in [4.69, 9.17) is 14.7 Å². The summed E-state index contributed by atoms with van der Waals surface area (Å²) in [6.45, 7) is 1.91. The van der Waals surface area contributed by atoms with Crippen LogP contribution < -0.4 is 4.74 Å². The summed E-state index contributed by atoms with van der Waals surface area (Å²) in [5.74, 6) is -1.13. The normalized spacial score (nSPS) is 9.85. The van der Waals surface area contributed by atoms with Crippen LogP contribution in [-0.2, 0) is 4.74 Å². The van der Waals surface area contributed by atoms with Crippen LogP contribution in [0.25, 0.3) is 0 Å². The summed E-state index contributed by atoms with van der Waals surface area (Å²) in [6, 6.07) is 5.48. The Kier molecular flexibility index (Phi) is 4.22. The number of esters is 1. The highest BCUT2D eigenvalue weighted by Gasteiger charge is 2.15. The number of hydrogen-bond acceptors (Lipinski definition) is 7. The molecular formula is C12H8FN3O3S. The highest BCUT2D eigenvalue weighted by atomic mass is 32.1. The lowest BCUT2D eigenvalue weighted by Crippen LogP contribution is -2.03. The summed E-state index contributed by atoms with van der Waals surface area (Å²) in [7, 11) is 0. The van der Waals surface area contributed by atoms with Crippen LogP contribution in [0, 0.1) is 17.1 Å². The fraction of sp³-hybridized carbons (Fsp3) is 0.167. The third-order valence-corrected chi connectivity index (χ3v) is 2.90. The van der Waals surface area contributed by atoms with Crippen LogP contribution in [0.1, 0.15) is 22.3 Å². The first-order chi connectivity index (χ1) is 9.63. The summed E-state index contributed by atoms with van der Waals surface area (Å²) in [5.41, 5.74) is -0.0816. The molecule has 1 aromatic heterocycles. The average Bonchev–Trinajstić information content (AvgIpc) is 2.88. The second kappa shape index (κ2) is 6.08. The van der Waals surface area contributed by atoms with Crippen LogP contribution >= 0.6 is 11.3 Å². The Morgan fingerprint density at radius 3 is 2.95 bits per heavy atom. The lowest BCUT2D eigenvalue weighted by atomic mass is 10.2. The molecule has 0 aliphatic rings. The van der Waals surface area contributed by atoms with Crippen LogP contribution in [0.5, 0.6) is 10.9 Å². The molecule has 0 aliphatic carbocycles. The molecule has 0 radical (unpaired) electrons. The van der Waals surface area contributed by atoms with Gasteiger partial charge >= 0.3 is 5.97 Å². The number of benzene rings is 1. The van der Waals surface area contributed by atoms with Gasteiger partial charge in [0, 0.05) is 6.07 Å². The zero-order valence-electron chi connectivity index (χ0n) is 10.3. The topological polar surface area (TPSA) is 85.1 Å². The van der Waals surface area contributed by atoms with E-state index in [1.165, 1.54) is 12.1 Å². The molecule has 0 atom stereocenters. The lowest BCUT2D eigenvalue weighted by molar-refractivity contribution is 0.0525. The van der Waals surface area contributed by atoms with E-state index in [9.17, 15) is 9.18 Å². The second-order valence-electron chi connectivity index (χ2n) is 3.45. The average molecular weight is 293 g/mol. The highest BCUT2D eigenvalue weighted by Crippen LogP contribution is 2.26. The number of nitriles is 1. The minimum absolute atomic E-state index is 0.0518. The quantitative estimate of drug-likeness (QED) is 0.805. The number of nitrogens with zero attached hydrogens (tertiary/aromatic N) is 3. The van der Waals surface area contributed by atoms with E-state index >= 15 is 0 Å². The van der Waals surface area contributed by atoms with Gasteiger partial charge in [0.05, 0.1) is 12.2 Å². The Balaban J connectivity index is 2.13. The van der Waals surface area contributed by atoms with E-state index in [2.05, 4.69) is 10.2 Å². The molecule has 0 fully saturated rings. The van der Waals surface area contributed by atoms with Crippen LogP contribution in [0.2, 0.25) is 0 Å². The molecule has 0 saturated carbocycles. The fourth-order valence-corrected chi connectivity index (χ4v) is 1.89. The number of rotatable bonds is 4. The van der Waals surface area contributed by atoms with E-state index in [0.717, 1.165) is 17.4 Å². The van der Waals surface area contributed by atoms with Crippen molar-refractivity contribution in [3.63, 3.8) is 0 Å². The van der Waals surface area contributed by atoms with Crippen molar-refractivity contribution in [3.05, 3.63) is 34.6 Å². The number of aromatic nitrogens is 2. The third kappa shape index (κ3) is 3.07. The summed E-state index contributed by atoms with van der Waals surface area (Å²) >= 11 is 0.885. The maximum Gasteiger partial charge on any atom is 0.369 e. The summed E-state index contributed by atoms with van der Waals surface area (Å²) in [4.78, 5) is 11.4. The van der Waals surface area contributed by atoms with Gasteiger partial charge < -0.3 is 9.47 Å². The number of carbonyl (C=O) groups is 1. The van der Waals surface area contributed by atoms with Gasteiger partial charge in [0.2, 0.25) is 5.01 Å². The first kappa shape index (κ1) is 13.9. The molecule has 8 heteroatoms. The van der Waals surface area contributed by atoms with Crippen LogP contribution in [0.3, 0.4) is 0 Å². The summed E-state index contributed by atoms with van der Waals surface area (Å²) in [5, 5.41) is 16.0. The number of carbonyl (C=O) groups excluding carboxylic acids is 1. The van der Waals surface area contributed by atoms with Crippen LogP contribution in [-0.4, -0.2) is 22.8 Å². The first-order valence-electron chi connectivity index (χ1n) is 5.52. The maximum absolute atomic E-state index is 13.4. The number of hydrogen-bond donors (Lipinski definition) is 0. The lowest BCUT2D eigenvalue weighted by Gasteiger charge is -2.01. The van der Waals surface area contributed by atoms with Crippen molar-refractivity contribution in [3.8, 4) is 17.0 Å². The fourth-order valence-electron chi connectivity index (χ4n) is 1.28. The van der Waals surface area contributed by atoms with Gasteiger partial charge in [-0.15, -0.1) is 5.10 Å². The molecule has 0 aliphatic heterocycles. The summed E-state index contributed by atoms with van der Waals surface area (Å²) < 4.78 is 23.4. The van der Waals surface area contributed by atoms with Crippen molar-refractivity contribution >= 4 is 17.3 Å². The van der Waals surface area contributed by atoms with Crippen molar-refractivity contribution in [2.75, 3.05) is 6.61 Å². The Labute approximate surface area is 117 Å². The van der Waals surface area contributed by atoms with Gasteiger partial charge in [-0.3, -0.25) is 0 Å². The molecule has 1 aromatic carbocycles. The van der Waals surface area contributed by atoms with Gasteiger partial charge in [0.1, 0.15) is 17.6 Å². The molecule has 0 unspecified atom stereocenters. The maximum atomic E-state index is 13.4. The molecule has 6 nitrogen and oxygen atoms in total. The summed E-state index contributed by atoms with van der Waals surface area (Å²) in [6.07, 6.45) is 0. The molecule has 0 amide bonds. The zero-order valence-corrected chi connectivity index (χ0v) is 11.1. The Morgan fingerprint density at radius 1 is 1.50 bits per heavy atom. The molecule has 102 valence electrons. The molecular weight excluding hydrogens is 285 g/mol. The monoisotopic (exact) mass is 293 g/mol. The molecule has 0 bridgehead atoms.